The van der Waals surface area contributed by atoms with Crippen LogP contribution in [0.5, 0.6) is 0 Å². The Balaban J connectivity index is 2.65. The molecule has 0 saturated heterocycles. The minimum atomic E-state index is -0.905. The number of thioether (sulfide) groups is 1. The topological polar surface area (TPSA) is 55.1 Å². The lowest BCUT2D eigenvalue weighted by molar-refractivity contribution is 0.0693. The van der Waals surface area contributed by atoms with Gasteiger partial charge in [0.1, 0.15) is 0 Å². The van der Waals surface area contributed by atoms with Gasteiger partial charge in [-0.05, 0) is 36.8 Å². The van der Waals surface area contributed by atoms with Crippen LogP contribution in [0.1, 0.15) is 42.5 Å². The summed E-state index contributed by atoms with van der Waals surface area (Å²) in [6.45, 7) is 6.12. The average Bonchev–Trinajstić information content (AvgIpc) is 2.90. The molecular weight excluding hydrogens is 284 g/mol. The molecule has 0 radical (unpaired) electrons. The molecule has 0 unspecified atom stereocenters. The Kier molecular flexibility index (Phi) is 5.07. The second-order valence-corrected chi connectivity index (χ2v) is 5.94. The van der Waals surface area contributed by atoms with E-state index in [0.29, 0.717) is 11.3 Å². The van der Waals surface area contributed by atoms with E-state index in [9.17, 15) is 9.90 Å². The molecule has 0 spiro atoms. The molecule has 112 valence electrons. The van der Waals surface area contributed by atoms with Gasteiger partial charge in [0.25, 0.3) is 0 Å². The van der Waals surface area contributed by atoms with Crippen molar-refractivity contribution < 1.29 is 9.90 Å². The van der Waals surface area contributed by atoms with Crippen LogP contribution in [-0.2, 0) is 12.8 Å². The molecule has 4 nitrogen and oxygen atoms in total. The molecule has 21 heavy (non-hydrogen) atoms. The average molecular weight is 304 g/mol. The van der Waals surface area contributed by atoms with Gasteiger partial charge in [0.15, 0.2) is 0 Å². The molecule has 1 N–H and O–H groups in total. The molecule has 5 heteroatoms. The van der Waals surface area contributed by atoms with Crippen molar-refractivity contribution in [1.82, 2.24) is 9.78 Å². The van der Waals surface area contributed by atoms with Crippen molar-refractivity contribution >= 4 is 17.7 Å². The fourth-order valence-corrected chi connectivity index (χ4v) is 3.12. The summed E-state index contributed by atoms with van der Waals surface area (Å²) >= 11 is 1.54. The highest BCUT2D eigenvalue weighted by atomic mass is 32.2. The number of nitrogens with zero attached hydrogens (tertiary/aromatic N) is 2. The van der Waals surface area contributed by atoms with Crippen LogP contribution in [0, 0.1) is 0 Å². The summed E-state index contributed by atoms with van der Waals surface area (Å²) in [7, 11) is 0. The minimum Gasteiger partial charge on any atom is -0.478 e. The normalized spacial score (nSPS) is 10.8. The Labute approximate surface area is 129 Å². The number of carbonyl (C=O) groups is 1. The van der Waals surface area contributed by atoms with E-state index >= 15 is 0 Å². The number of carboxylic acids is 1. The van der Waals surface area contributed by atoms with Gasteiger partial charge < -0.3 is 5.11 Å². The van der Waals surface area contributed by atoms with Crippen LogP contribution in [0.15, 0.2) is 29.2 Å². The van der Waals surface area contributed by atoms with Crippen LogP contribution in [0.3, 0.4) is 0 Å². The number of aryl methyl sites for hydroxylation is 2. The maximum Gasteiger partial charge on any atom is 0.339 e. The van der Waals surface area contributed by atoms with Crippen molar-refractivity contribution in [2.75, 3.05) is 5.75 Å². The lowest BCUT2D eigenvalue weighted by atomic mass is 10.1. The molecule has 0 aliphatic heterocycles. The first-order chi connectivity index (χ1) is 10.1. The zero-order chi connectivity index (χ0) is 15.4. The molecule has 1 aromatic heterocycles. The predicted octanol–water partition coefficient (Wildman–Crippen LogP) is 3.81. The Morgan fingerprint density at radius 2 is 2.05 bits per heavy atom. The summed E-state index contributed by atoms with van der Waals surface area (Å²) in [5.41, 5.74) is 3.01. The van der Waals surface area contributed by atoms with Gasteiger partial charge in [-0.3, -0.25) is 0 Å². The van der Waals surface area contributed by atoms with E-state index in [1.54, 1.807) is 16.4 Å². The summed E-state index contributed by atoms with van der Waals surface area (Å²) in [5, 5.41) is 14.2. The molecule has 0 atom stereocenters. The highest BCUT2D eigenvalue weighted by Crippen LogP contribution is 2.28. The summed E-state index contributed by atoms with van der Waals surface area (Å²) in [6.07, 6.45) is 1.66. The summed E-state index contributed by atoms with van der Waals surface area (Å²) < 4.78 is 1.78. The van der Waals surface area contributed by atoms with Crippen LogP contribution < -0.4 is 0 Å². The van der Waals surface area contributed by atoms with E-state index in [0.717, 1.165) is 34.9 Å². The number of aromatic carboxylic acids is 1. The first-order valence-corrected chi connectivity index (χ1v) is 8.18. The van der Waals surface area contributed by atoms with Gasteiger partial charge in [-0.25, -0.2) is 9.48 Å². The van der Waals surface area contributed by atoms with E-state index < -0.39 is 5.97 Å². The predicted molar refractivity (Wildman–Crippen MR) is 85.7 cm³/mol. The number of benzene rings is 1. The van der Waals surface area contributed by atoms with E-state index in [1.165, 1.54) is 0 Å². The van der Waals surface area contributed by atoms with Crippen molar-refractivity contribution in [3.63, 3.8) is 0 Å². The van der Waals surface area contributed by atoms with Gasteiger partial charge in [-0.1, -0.05) is 26.8 Å². The first kappa shape index (κ1) is 15.6. The standard InChI is InChI=1S/C16H20N2O2S/c1-4-11-10-12(5-2)18(17-11)13-8-7-9-14(21-6-3)15(13)16(19)20/h7-10H,4-6H2,1-3H3,(H,19,20). The Morgan fingerprint density at radius 1 is 1.29 bits per heavy atom. The van der Waals surface area contributed by atoms with Gasteiger partial charge in [-0.2, -0.15) is 5.10 Å². The SMILES string of the molecule is CCSc1cccc(-n2nc(CC)cc2CC)c1C(=O)O. The van der Waals surface area contributed by atoms with Gasteiger partial charge >= 0.3 is 5.97 Å². The Bertz CT molecular complexity index is 650. The maximum absolute atomic E-state index is 11.7. The largest absolute Gasteiger partial charge is 0.478 e. The second-order valence-electron chi connectivity index (χ2n) is 4.63. The first-order valence-electron chi connectivity index (χ1n) is 7.19. The second kappa shape index (κ2) is 6.80. The lowest BCUT2D eigenvalue weighted by Crippen LogP contribution is -2.10. The smallest absolute Gasteiger partial charge is 0.339 e. The number of rotatable bonds is 6. The number of hydrogen-bond donors (Lipinski definition) is 1. The van der Waals surface area contributed by atoms with E-state index in [-0.39, 0.29) is 0 Å². The number of hydrogen-bond acceptors (Lipinski definition) is 3. The van der Waals surface area contributed by atoms with Crippen molar-refractivity contribution in [2.24, 2.45) is 0 Å². The highest BCUT2D eigenvalue weighted by molar-refractivity contribution is 7.99. The zero-order valence-corrected chi connectivity index (χ0v) is 13.4. The zero-order valence-electron chi connectivity index (χ0n) is 12.6. The van der Waals surface area contributed by atoms with Crippen molar-refractivity contribution in [3.05, 3.63) is 41.2 Å². The number of aromatic nitrogens is 2. The van der Waals surface area contributed by atoms with Crippen LogP contribution in [0.25, 0.3) is 5.69 Å². The van der Waals surface area contributed by atoms with Crippen LogP contribution in [0.4, 0.5) is 0 Å². The molecule has 2 rings (SSSR count). The minimum absolute atomic E-state index is 0.338. The maximum atomic E-state index is 11.7. The van der Waals surface area contributed by atoms with Crippen molar-refractivity contribution in [2.45, 2.75) is 38.5 Å². The third kappa shape index (κ3) is 3.13. The van der Waals surface area contributed by atoms with Crippen molar-refractivity contribution in [3.8, 4) is 5.69 Å². The molecule has 2 aromatic rings. The molecule has 1 heterocycles. The molecule has 0 aliphatic rings. The molecule has 0 saturated carbocycles. The Morgan fingerprint density at radius 3 is 2.62 bits per heavy atom. The molecule has 0 bridgehead atoms. The van der Waals surface area contributed by atoms with E-state index in [1.807, 2.05) is 38.1 Å². The lowest BCUT2D eigenvalue weighted by Gasteiger charge is -2.12. The van der Waals surface area contributed by atoms with Gasteiger partial charge in [-0.15, -0.1) is 11.8 Å². The van der Waals surface area contributed by atoms with Gasteiger partial charge in [0.2, 0.25) is 0 Å². The summed E-state index contributed by atoms with van der Waals surface area (Å²) in [4.78, 5) is 12.5. The molecular formula is C16H20N2O2S. The third-order valence-electron chi connectivity index (χ3n) is 3.30. The van der Waals surface area contributed by atoms with Crippen LogP contribution in [-0.4, -0.2) is 26.6 Å². The number of carboxylic acid groups (broad SMARTS) is 1. The van der Waals surface area contributed by atoms with E-state index in [2.05, 4.69) is 12.0 Å². The molecule has 0 fully saturated rings. The Hall–Kier alpha value is -1.75. The highest BCUT2D eigenvalue weighted by Gasteiger charge is 2.19. The summed E-state index contributed by atoms with van der Waals surface area (Å²) in [6, 6.07) is 7.63. The fraction of sp³-hybridized carbons (Fsp3) is 0.375. The quantitative estimate of drug-likeness (QED) is 0.825. The molecule has 0 aliphatic carbocycles. The van der Waals surface area contributed by atoms with Gasteiger partial charge in [0, 0.05) is 10.6 Å². The van der Waals surface area contributed by atoms with E-state index in [4.69, 9.17) is 0 Å². The fourth-order valence-electron chi connectivity index (χ4n) is 2.29. The van der Waals surface area contributed by atoms with Crippen LogP contribution in [0.2, 0.25) is 0 Å². The van der Waals surface area contributed by atoms with Crippen molar-refractivity contribution in [1.29, 1.82) is 0 Å². The third-order valence-corrected chi connectivity index (χ3v) is 4.24. The monoisotopic (exact) mass is 304 g/mol. The molecule has 1 aromatic carbocycles. The molecule has 0 amide bonds. The van der Waals surface area contributed by atoms with Gasteiger partial charge in [0.05, 0.1) is 16.9 Å². The van der Waals surface area contributed by atoms with Crippen LogP contribution >= 0.6 is 11.8 Å². The summed E-state index contributed by atoms with van der Waals surface area (Å²) in [5.74, 6) is -0.0684.